The fourth-order valence-corrected chi connectivity index (χ4v) is 3.44. The first-order valence-corrected chi connectivity index (χ1v) is 9.07. The molecule has 1 atom stereocenters. The van der Waals surface area contributed by atoms with Crippen molar-refractivity contribution in [3.05, 3.63) is 29.8 Å². The Morgan fingerprint density at radius 2 is 2.12 bits per heavy atom. The number of ether oxygens (including phenoxy) is 1. The van der Waals surface area contributed by atoms with Gasteiger partial charge in [0.05, 0.1) is 13.0 Å². The van der Waals surface area contributed by atoms with Crippen LogP contribution < -0.4 is 10.1 Å². The molecule has 0 saturated carbocycles. The van der Waals surface area contributed by atoms with Crippen LogP contribution in [0.1, 0.15) is 45.6 Å². The third-order valence-corrected chi connectivity index (χ3v) is 4.52. The minimum absolute atomic E-state index is 0.0543. The molecule has 0 aromatic heterocycles. The van der Waals surface area contributed by atoms with Gasteiger partial charge in [0.25, 0.3) is 0 Å². The Balaban J connectivity index is 1.73. The third-order valence-electron chi connectivity index (χ3n) is 4.52. The van der Waals surface area contributed by atoms with Gasteiger partial charge in [0.1, 0.15) is 5.75 Å². The van der Waals surface area contributed by atoms with Gasteiger partial charge in [-0.1, -0.05) is 25.1 Å². The van der Waals surface area contributed by atoms with Gasteiger partial charge in [0.15, 0.2) is 0 Å². The number of hydrogen-bond donors (Lipinski definition) is 1. The fraction of sp³-hybridized carbons (Fsp3) is 0.650. The molecule has 0 aliphatic carbocycles. The highest BCUT2D eigenvalue weighted by molar-refractivity contribution is 5.76. The number of aryl methyl sites for hydroxylation is 1. The summed E-state index contributed by atoms with van der Waals surface area (Å²) >= 11 is 0. The van der Waals surface area contributed by atoms with Crippen LogP contribution in [0.4, 0.5) is 0 Å². The summed E-state index contributed by atoms with van der Waals surface area (Å²) in [6.45, 7) is 12.1. The van der Waals surface area contributed by atoms with Gasteiger partial charge in [-0.05, 0) is 57.7 Å². The van der Waals surface area contributed by atoms with Crippen molar-refractivity contribution in [2.24, 2.45) is 5.92 Å². The second-order valence-corrected chi connectivity index (χ2v) is 7.78. The van der Waals surface area contributed by atoms with Gasteiger partial charge in [-0.2, -0.15) is 0 Å². The van der Waals surface area contributed by atoms with Crippen molar-refractivity contribution in [3.63, 3.8) is 0 Å². The maximum atomic E-state index is 12.2. The van der Waals surface area contributed by atoms with Crippen LogP contribution >= 0.6 is 0 Å². The van der Waals surface area contributed by atoms with Crippen molar-refractivity contribution in [1.29, 1.82) is 0 Å². The van der Waals surface area contributed by atoms with E-state index in [-0.39, 0.29) is 11.4 Å². The number of nitrogens with zero attached hydrogens (tertiary/aromatic N) is 1. The molecule has 1 unspecified atom stereocenters. The number of benzene rings is 1. The summed E-state index contributed by atoms with van der Waals surface area (Å²) in [5.41, 5.74) is 0.883. The Hall–Kier alpha value is -1.55. The molecule has 0 spiro atoms. The molecule has 1 aromatic rings. The number of carbonyl (C=O) groups is 1. The van der Waals surface area contributed by atoms with Gasteiger partial charge in [0, 0.05) is 18.6 Å². The molecule has 1 aromatic carbocycles. The van der Waals surface area contributed by atoms with Crippen molar-refractivity contribution in [1.82, 2.24) is 10.2 Å². The lowest BCUT2D eigenvalue weighted by Crippen LogP contribution is -2.53. The molecular weight excluding hydrogens is 300 g/mol. The van der Waals surface area contributed by atoms with E-state index in [4.69, 9.17) is 4.74 Å². The molecule has 1 heterocycles. The smallest absolute Gasteiger partial charge is 0.223 e. The number of rotatable bonds is 7. The summed E-state index contributed by atoms with van der Waals surface area (Å²) in [6, 6.07) is 7.89. The molecule has 4 heteroatoms. The summed E-state index contributed by atoms with van der Waals surface area (Å²) in [5, 5.41) is 3.16. The molecule has 1 N–H and O–H groups in total. The standard InChI is InChI=1S/C20H32N2O2/c1-16-8-7-12-22(14-16)15-20(3,4)21-19(23)11-13-24-18-10-6-5-9-17(18)2/h5-6,9-10,16H,7-8,11-15H2,1-4H3,(H,21,23). The van der Waals surface area contributed by atoms with Gasteiger partial charge in [0.2, 0.25) is 5.91 Å². The minimum Gasteiger partial charge on any atom is -0.493 e. The third kappa shape index (κ3) is 6.16. The predicted molar refractivity (Wildman–Crippen MR) is 98.4 cm³/mol. The van der Waals surface area contributed by atoms with Crippen LogP contribution in [-0.4, -0.2) is 42.6 Å². The van der Waals surface area contributed by atoms with Crippen molar-refractivity contribution in [2.45, 2.75) is 52.5 Å². The number of nitrogens with one attached hydrogen (secondary N) is 1. The molecule has 1 saturated heterocycles. The van der Waals surface area contributed by atoms with E-state index in [0.717, 1.165) is 36.9 Å². The molecule has 1 aliphatic heterocycles. The zero-order chi connectivity index (χ0) is 17.6. The van der Waals surface area contributed by atoms with Crippen LogP contribution in [0.25, 0.3) is 0 Å². The second kappa shape index (κ2) is 8.52. The van der Waals surface area contributed by atoms with E-state index in [1.807, 2.05) is 31.2 Å². The highest BCUT2D eigenvalue weighted by atomic mass is 16.5. The Kier molecular flexibility index (Phi) is 6.67. The molecule has 1 amide bonds. The summed E-state index contributed by atoms with van der Waals surface area (Å²) in [4.78, 5) is 14.7. The van der Waals surface area contributed by atoms with Crippen molar-refractivity contribution >= 4 is 5.91 Å². The van der Waals surface area contributed by atoms with Crippen molar-refractivity contribution < 1.29 is 9.53 Å². The summed E-state index contributed by atoms with van der Waals surface area (Å²) in [6.07, 6.45) is 2.96. The van der Waals surface area contributed by atoms with E-state index in [0.29, 0.717) is 13.0 Å². The maximum Gasteiger partial charge on any atom is 0.223 e. The fourth-order valence-electron chi connectivity index (χ4n) is 3.44. The van der Waals surface area contributed by atoms with Crippen LogP contribution in [0.5, 0.6) is 5.75 Å². The van der Waals surface area contributed by atoms with E-state index < -0.39 is 0 Å². The largest absolute Gasteiger partial charge is 0.493 e. The number of piperidine rings is 1. The highest BCUT2D eigenvalue weighted by Gasteiger charge is 2.26. The quantitative estimate of drug-likeness (QED) is 0.832. The first-order valence-electron chi connectivity index (χ1n) is 9.07. The lowest BCUT2D eigenvalue weighted by molar-refractivity contribution is -0.123. The van der Waals surface area contributed by atoms with E-state index in [9.17, 15) is 4.79 Å². The molecule has 1 fully saturated rings. The lowest BCUT2D eigenvalue weighted by Gasteiger charge is -2.37. The molecule has 1 aliphatic rings. The molecule has 0 bridgehead atoms. The van der Waals surface area contributed by atoms with Crippen molar-refractivity contribution in [2.75, 3.05) is 26.2 Å². The molecule has 4 nitrogen and oxygen atoms in total. The van der Waals surface area contributed by atoms with Gasteiger partial charge in [-0.25, -0.2) is 0 Å². The Morgan fingerprint density at radius 3 is 2.83 bits per heavy atom. The summed E-state index contributed by atoms with van der Waals surface area (Å²) in [5.74, 6) is 1.67. The number of carbonyl (C=O) groups excluding carboxylic acids is 1. The Labute approximate surface area is 146 Å². The number of para-hydroxylation sites is 1. The molecule has 134 valence electrons. The number of likely N-dealkylation sites (tertiary alicyclic amines) is 1. The van der Waals surface area contributed by atoms with Gasteiger partial charge >= 0.3 is 0 Å². The second-order valence-electron chi connectivity index (χ2n) is 7.78. The highest BCUT2D eigenvalue weighted by Crippen LogP contribution is 2.18. The lowest BCUT2D eigenvalue weighted by atomic mass is 9.97. The zero-order valence-corrected chi connectivity index (χ0v) is 15.6. The molecule has 0 radical (unpaired) electrons. The van der Waals surface area contributed by atoms with Gasteiger partial charge in [-0.15, -0.1) is 0 Å². The maximum absolute atomic E-state index is 12.2. The van der Waals surface area contributed by atoms with Gasteiger partial charge in [-0.3, -0.25) is 4.79 Å². The summed E-state index contributed by atoms with van der Waals surface area (Å²) < 4.78 is 5.71. The van der Waals surface area contributed by atoms with Crippen molar-refractivity contribution in [3.8, 4) is 5.75 Å². The van der Waals surface area contributed by atoms with E-state index >= 15 is 0 Å². The average molecular weight is 332 g/mol. The normalized spacial score (nSPS) is 19.1. The number of hydrogen-bond acceptors (Lipinski definition) is 3. The molecule has 2 rings (SSSR count). The Morgan fingerprint density at radius 1 is 1.38 bits per heavy atom. The minimum atomic E-state index is -0.212. The van der Waals surface area contributed by atoms with E-state index in [2.05, 4.69) is 31.0 Å². The monoisotopic (exact) mass is 332 g/mol. The SMILES string of the molecule is Cc1ccccc1OCCC(=O)NC(C)(C)CN1CCCC(C)C1. The number of amides is 1. The van der Waals surface area contributed by atoms with Crippen LogP contribution in [0.3, 0.4) is 0 Å². The van der Waals surface area contributed by atoms with Crippen LogP contribution in [0.15, 0.2) is 24.3 Å². The summed E-state index contributed by atoms with van der Waals surface area (Å²) in [7, 11) is 0. The first-order chi connectivity index (χ1) is 11.4. The first kappa shape index (κ1) is 18.8. The van der Waals surface area contributed by atoms with Crippen LogP contribution in [-0.2, 0) is 4.79 Å². The average Bonchev–Trinajstić information content (AvgIpc) is 2.48. The van der Waals surface area contributed by atoms with Gasteiger partial charge < -0.3 is 15.0 Å². The molecular formula is C20H32N2O2. The Bertz CT molecular complexity index is 542. The zero-order valence-electron chi connectivity index (χ0n) is 15.6. The van der Waals surface area contributed by atoms with E-state index in [1.54, 1.807) is 0 Å². The molecule has 24 heavy (non-hydrogen) atoms. The van der Waals surface area contributed by atoms with E-state index in [1.165, 1.54) is 12.8 Å². The van der Waals surface area contributed by atoms with Crippen LogP contribution in [0.2, 0.25) is 0 Å². The predicted octanol–water partition coefficient (Wildman–Crippen LogP) is 3.39. The topological polar surface area (TPSA) is 41.6 Å². The van der Waals surface area contributed by atoms with Crippen LogP contribution in [0, 0.1) is 12.8 Å².